The number of hydrogen-bond donors (Lipinski definition) is 1. The van der Waals surface area contributed by atoms with Crippen molar-refractivity contribution in [2.24, 2.45) is 5.92 Å². The van der Waals surface area contributed by atoms with Crippen molar-refractivity contribution in [2.45, 2.75) is 25.4 Å². The Morgan fingerprint density at radius 3 is 2.05 bits per heavy atom. The SMILES string of the molecule is CCOc1ccc(C(O)C(C(F)(F)F)C(F)(F)F)cc1Br. The average Bonchev–Trinajstić information content (AvgIpc) is 2.28. The second-order valence-electron chi connectivity index (χ2n) is 4.13. The van der Waals surface area contributed by atoms with E-state index in [2.05, 4.69) is 15.9 Å². The van der Waals surface area contributed by atoms with E-state index >= 15 is 0 Å². The molecule has 1 atom stereocenters. The van der Waals surface area contributed by atoms with Gasteiger partial charge in [0.05, 0.1) is 17.2 Å². The Morgan fingerprint density at radius 2 is 1.67 bits per heavy atom. The molecule has 2 nitrogen and oxygen atoms in total. The van der Waals surface area contributed by atoms with Crippen molar-refractivity contribution in [3.8, 4) is 5.75 Å². The molecule has 0 bridgehead atoms. The molecule has 1 aromatic carbocycles. The Labute approximate surface area is 124 Å². The van der Waals surface area contributed by atoms with Gasteiger partial charge >= 0.3 is 12.4 Å². The van der Waals surface area contributed by atoms with Gasteiger partial charge in [-0.1, -0.05) is 6.07 Å². The van der Waals surface area contributed by atoms with Crippen molar-refractivity contribution in [1.29, 1.82) is 0 Å². The van der Waals surface area contributed by atoms with Crippen LogP contribution in [0, 0.1) is 5.92 Å². The molecule has 0 heterocycles. The van der Waals surface area contributed by atoms with E-state index in [0.29, 0.717) is 0 Å². The highest BCUT2D eigenvalue weighted by Gasteiger charge is 2.60. The largest absolute Gasteiger partial charge is 0.493 e. The van der Waals surface area contributed by atoms with Gasteiger partial charge in [-0.05, 0) is 40.5 Å². The van der Waals surface area contributed by atoms with Crippen LogP contribution >= 0.6 is 15.9 Å². The molecule has 0 spiro atoms. The smallest absolute Gasteiger partial charge is 0.403 e. The van der Waals surface area contributed by atoms with Gasteiger partial charge in [0.25, 0.3) is 0 Å². The lowest BCUT2D eigenvalue weighted by molar-refractivity contribution is -0.307. The maximum atomic E-state index is 12.5. The first-order valence-electron chi connectivity index (χ1n) is 5.72. The van der Waals surface area contributed by atoms with Crippen LogP contribution in [0.25, 0.3) is 0 Å². The van der Waals surface area contributed by atoms with E-state index in [4.69, 9.17) is 4.74 Å². The van der Waals surface area contributed by atoms with Gasteiger partial charge < -0.3 is 9.84 Å². The van der Waals surface area contributed by atoms with E-state index in [1.165, 1.54) is 6.07 Å². The predicted octanol–water partition coefficient (Wildman–Crippen LogP) is 4.62. The summed E-state index contributed by atoms with van der Waals surface area (Å²) in [5, 5.41) is 9.50. The molecule has 0 aliphatic heterocycles. The minimum atomic E-state index is -5.61. The van der Waals surface area contributed by atoms with Crippen molar-refractivity contribution in [2.75, 3.05) is 6.61 Å². The maximum Gasteiger partial charge on any atom is 0.403 e. The summed E-state index contributed by atoms with van der Waals surface area (Å²) in [6.07, 6.45) is -14.0. The zero-order chi connectivity index (χ0) is 16.4. The van der Waals surface area contributed by atoms with Crippen LogP contribution < -0.4 is 4.74 Å². The van der Waals surface area contributed by atoms with Crippen LogP contribution in [0.1, 0.15) is 18.6 Å². The normalized spacial score (nSPS) is 14.4. The second-order valence-corrected chi connectivity index (χ2v) is 4.98. The number of halogens is 7. The number of benzene rings is 1. The molecule has 0 aliphatic rings. The first kappa shape index (κ1) is 18.1. The monoisotopic (exact) mass is 380 g/mol. The Hall–Kier alpha value is -0.960. The molecule has 9 heteroatoms. The molecular formula is C12H11BrF6O2. The van der Waals surface area contributed by atoms with E-state index in [1.807, 2.05) is 0 Å². The highest BCUT2D eigenvalue weighted by molar-refractivity contribution is 9.10. The Bertz CT molecular complexity index is 472. The molecule has 1 rings (SSSR count). The van der Waals surface area contributed by atoms with E-state index in [9.17, 15) is 31.4 Å². The molecule has 0 saturated heterocycles. The predicted molar refractivity (Wildman–Crippen MR) is 65.9 cm³/mol. The van der Waals surface area contributed by atoms with Crippen molar-refractivity contribution >= 4 is 15.9 Å². The molecular weight excluding hydrogens is 370 g/mol. The molecule has 0 aromatic heterocycles. The molecule has 120 valence electrons. The van der Waals surface area contributed by atoms with Gasteiger partial charge in [-0.3, -0.25) is 0 Å². The van der Waals surface area contributed by atoms with Gasteiger partial charge in [-0.15, -0.1) is 0 Å². The fraction of sp³-hybridized carbons (Fsp3) is 0.500. The number of alkyl halides is 6. The lowest BCUT2D eigenvalue weighted by atomic mass is 9.94. The third kappa shape index (κ3) is 4.50. The summed E-state index contributed by atoms with van der Waals surface area (Å²) in [6.45, 7) is 1.94. The van der Waals surface area contributed by atoms with Gasteiger partial charge in [0.1, 0.15) is 5.75 Å². The number of rotatable bonds is 4. The van der Waals surface area contributed by atoms with E-state index in [-0.39, 0.29) is 16.8 Å². The molecule has 1 N–H and O–H groups in total. The first-order chi connectivity index (χ1) is 9.48. The highest BCUT2D eigenvalue weighted by atomic mass is 79.9. The van der Waals surface area contributed by atoms with Crippen LogP contribution in [0.5, 0.6) is 5.75 Å². The van der Waals surface area contributed by atoms with Gasteiger partial charge in [-0.25, -0.2) is 0 Å². The summed E-state index contributed by atoms with van der Waals surface area (Å²) in [5.74, 6) is -3.60. The van der Waals surface area contributed by atoms with Crippen LogP contribution in [-0.2, 0) is 0 Å². The van der Waals surface area contributed by atoms with E-state index < -0.39 is 29.9 Å². The van der Waals surface area contributed by atoms with E-state index in [1.54, 1.807) is 6.92 Å². The number of hydrogen-bond acceptors (Lipinski definition) is 2. The first-order valence-corrected chi connectivity index (χ1v) is 6.51. The van der Waals surface area contributed by atoms with Gasteiger partial charge in [0, 0.05) is 0 Å². The lowest BCUT2D eigenvalue weighted by Crippen LogP contribution is -2.40. The summed E-state index contributed by atoms with van der Waals surface area (Å²) in [5.41, 5.74) is -0.509. The Morgan fingerprint density at radius 1 is 1.14 bits per heavy atom. The molecule has 0 amide bonds. The standard InChI is InChI=1S/C12H11BrF6O2/c1-2-21-8-4-3-6(5-7(8)13)9(20)10(11(14,15)16)12(17,18)19/h3-5,9-10,20H,2H2,1H3. The Kier molecular flexibility index (Phi) is 5.54. The van der Waals surface area contributed by atoms with Gasteiger partial charge in [0.2, 0.25) is 0 Å². The molecule has 0 radical (unpaired) electrons. The topological polar surface area (TPSA) is 29.5 Å². The van der Waals surface area contributed by atoms with E-state index in [0.717, 1.165) is 12.1 Å². The highest BCUT2D eigenvalue weighted by Crippen LogP contribution is 2.47. The summed E-state index contributed by atoms with van der Waals surface area (Å²) in [4.78, 5) is 0. The third-order valence-electron chi connectivity index (χ3n) is 2.62. The van der Waals surface area contributed by atoms with Crippen LogP contribution in [0.3, 0.4) is 0 Å². The number of aliphatic hydroxyl groups excluding tert-OH is 1. The fourth-order valence-corrected chi connectivity index (χ4v) is 2.22. The minimum Gasteiger partial charge on any atom is -0.493 e. The fourth-order valence-electron chi connectivity index (χ4n) is 1.71. The summed E-state index contributed by atoms with van der Waals surface area (Å²) in [7, 11) is 0. The summed E-state index contributed by atoms with van der Waals surface area (Å²) < 4.78 is 80.5. The van der Waals surface area contributed by atoms with Crippen molar-refractivity contribution in [3.63, 3.8) is 0 Å². The summed E-state index contributed by atoms with van der Waals surface area (Å²) in [6, 6.07) is 3.13. The van der Waals surface area contributed by atoms with Crippen LogP contribution in [0.4, 0.5) is 26.3 Å². The average molecular weight is 381 g/mol. The third-order valence-corrected chi connectivity index (χ3v) is 3.24. The molecule has 0 aliphatic carbocycles. The number of aliphatic hydroxyl groups is 1. The van der Waals surface area contributed by atoms with Crippen LogP contribution in [0.15, 0.2) is 22.7 Å². The zero-order valence-electron chi connectivity index (χ0n) is 10.6. The zero-order valence-corrected chi connectivity index (χ0v) is 12.2. The number of ether oxygens (including phenoxy) is 1. The quantitative estimate of drug-likeness (QED) is 0.772. The molecule has 0 saturated carbocycles. The molecule has 1 unspecified atom stereocenters. The molecule has 1 aromatic rings. The van der Waals surface area contributed by atoms with Gasteiger partial charge in [0.15, 0.2) is 5.92 Å². The molecule has 0 fully saturated rings. The van der Waals surface area contributed by atoms with Crippen molar-refractivity contribution in [1.82, 2.24) is 0 Å². The second kappa shape index (κ2) is 6.43. The minimum absolute atomic E-state index is 0.156. The van der Waals surface area contributed by atoms with Crippen LogP contribution in [-0.4, -0.2) is 24.1 Å². The molecule has 21 heavy (non-hydrogen) atoms. The van der Waals surface area contributed by atoms with Crippen molar-refractivity contribution in [3.05, 3.63) is 28.2 Å². The van der Waals surface area contributed by atoms with Crippen molar-refractivity contribution < 1.29 is 36.2 Å². The lowest BCUT2D eigenvalue weighted by Gasteiger charge is -2.27. The maximum absolute atomic E-state index is 12.5. The van der Waals surface area contributed by atoms with Crippen LogP contribution in [0.2, 0.25) is 0 Å². The summed E-state index contributed by atoms with van der Waals surface area (Å²) >= 11 is 2.97. The van der Waals surface area contributed by atoms with Gasteiger partial charge in [-0.2, -0.15) is 26.3 Å². The Balaban J connectivity index is 3.16.